The van der Waals surface area contributed by atoms with Crippen LogP contribution < -0.4 is 5.32 Å². The lowest BCUT2D eigenvalue weighted by atomic mass is 10.1. The SMILES string of the molecule is COC(C)(C)CNC(=O)c1sccc1C#CCCO. The molecule has 0 aliphatic heterocycles. The molecule has 0 unspecified atom stereocenters. The number of nitrogens with one attached hydrogen (secondary N) is 1. The van der Waals surface area contributed by atoms with Crippen molar-refractivity contribution in [1.82, 2.24) is 5.32 Å². The molecule has 1 heterocycles. The fourth-order valence-electron chi connectivity index (χ4n) is 1.24. The minimum Gasteiger partial charge on any atom is -0.395 e. The molecule has 0 radical (unpaired) electrons. The highest BCUT2D eigenvalue weighted by Crippen LogP contribution is 2.16. The third-order valence-electron chi connectivity index (χ3n) is 2.56. The number of rotatable bonds is 5. The summed E-state index contributed by atoms with van der Waals surface area (Å²) in [6.07, 6.45) is 0.410. The van der Waals surface area contributed by atoms with E-state index >= 15 is 0 Å². The summed E-state index contributed by atoms with van der Waals surface area (Å²) in [6.45, 7) is 4.28. The average Bonchev–Trinajstić information content (AvgIpc) is 2.85. The number of carbonyl (C=O) groups excluding carboxylic acids is 1. The van der Waals surface area contributed by atoms with Gasteiger partial charge in [-0.05, 0) is 25.3 Å². The minimum atomic E-state index is -0.393. The van der Waals surface area contributed by atoms with Crippen LogP contribution in [-0.4, -0.2) is 36.9 Å². The monoisotopic (exact) mass is 281 g/mol. The standard InChI is InChI=1S/C14H19NO3S/c1-14(2,18-3)10-15-13(17)12-11(7-9-19-12)6-4-5-8-16/h7,9,16H,5,8,10H2,1-3H3,(H,15,17). The molecule has 0 saturated heterocycles. The number of aliphatic hydroxyl groups excluding tert-OH is 1. The number of aliphatic hydroxyl groups is 1. The van der Waals surface area contributed by atoms with Gasteiger partial charge in [0.2, 0.25) is 0 Å². The van der Waals surface area contributed by atoms with E-state index in [9.17, 15) is 4.79 Å². The number of carbonyl (C=O) groups is 1. The molecule has 0 aliphatic rings. The summed E-state index contributed by atoms with van der Waals surface area (Å²) < 4.78 is 5.25. The molecule has 104 valence electrons. The quantitative estimate of drug-likeness (QED) is 0.807. The topological polar surface area (TPSA) is 58.6 Å². The Morgan fingerprint density at radius 2 is 2.32 bits per heavy atom. The highest BCUT2D eigenvalue weighted by atomic mass is 32.1. The molecule has 0 spiro atoms. The Morgan fingerprint density at radius 1 is 1.58 bits per heavy atom. The van der Waals surface area contributed by atoms with Gasteiger partial charge in [0.1, 0.15) is 4.88 Å². The summed E-state index contributed by atoms with van der Waals surface area (Å²) in [5, 5.41) is 13.4. The van der Waals surface area contributed by atoms with Crippen LogP contribution in [-0.2, 0) is 4.74 Å². The predicted molar refractivity (Wildman–Crippen MR) is 76.3 cm³/mol. The molecule has 0 aromatic carbocycles. The fraction of sp³-hybridized carbons (Fsp3) is 0.500. The molecule has 1 aromatic heterocycles. The minimum absolute atomic E-state index is 0.0285. The van der Waals surface area contributed by atoms with Crippen LogP contribution in [0.2, 0.25) is 0 Å². The first-order valence-corrected chi connectivity index (χ1v) is 6.88. The number of amides is 1. The molecule has 5 heteroatoms. The van der Waals surface area contributed by atoms with Crippen LogP contribution in [0.5, 0.6) is 0 Å². The second-order valence-corrected chi connectivity index (χ2v) is 5.50. The second-order valence-electron chi connectivity index (χ2n) is 4.59. The maximum absolute atomic E-state index is 12.0. The van der Waals surface area contributed by atoms with Gasteiger partial charge in [-0.2, -0.15) is 0 Å². The molecule has 0 bridgehead atoms. The molecule has 4 nitrogen and oxygen atoms in total. The average molecular weight is 281 g/mol. The molecule has 19 heavy (non-hydrogen) atoms. The number of hydrogen-bond acceptors (Lipinski definition) is 4. The number of methoxy groups -OCH3 is 1. The summed E-state index contributed by atoms with van der Waals surface area (Å²) in [5.41, 5.74) is 0.307. The molecule has 0 fully saturated rings. The first-order chi connectivity index (χ1) is 9.00. The van der Waals surface area contributed by atoms with Crippen LogP contribution in [0.25, 0.3) is 0 Å². The Bertz CT molecular complexity index is 482. The van der Waals surface area contributed by atoms with Crippen molar-refractivity contribution in [3.63, 3.8) is 0 Å². The van der Waals surface area contributed by atoms with Crippen molar-refractivity contribution in [2.24, 2.45) is 0 Å². The third kappa shape index (κ3) is 5.03. The molecule has 0 atom stereocenters. The van der Waals surface area contributed by atoms with E-state index in [1.165, 1.54) is 11.3 Å². The van der Waals surface area contributed by atoms with Crippen molar-refractivity contribution in [3.05, 3.63) is 21.9 Å². The molecular formula is C14H19NO3S. The van der Waals surface area contributed by atoms with Gasteiger partial charge in [0.25, 0.3) is 5.91 Å². The van der Waals surface area contributed by atoms with E-state index in [2.05, 4.69) is 17.2 Å². The summed E-state index contributed by atoms with van der Waals surface area (Å²) in [6, 6.07) is 1.81. The lowest BCUT2D eigenvalue weighted by Crippen LogP contribution is -2.39. The maximum atomic E-state index is 12.0. The lowest BCUT2D eigenvalue weighted by Gasteiger charge is -2.22. The molecule has 1 rings (SSSR count). The summed E-state index contributed by atoms with van der Waals surface area (Å²) in [4.78, 5) is 12.6. The van der Waals surface area contributed by atoms with Crippen LogP contribution in [0.15, 0.2) is 11.4 Å². The molecular weight excluding hydrogens is 262 g/mol. The van der Waals surface area contributed by atoms with E-state index in [0.717, 1.165) is 0 Å². The Hall–Kier alpha value is -1.35. The maximum Gasteiger partial charge on any atom is 0.262 e. The second kappa shape index (κ2) is 7.29. The molecule has 1 aromatic rings. The van der Waals surface area contributed by atoms with Crippen LogP contribution in [0.3, 0.4) is 0 Å². The van der Waals surface area contributed by atoms with E-state index in [1.807, 2.05) is 25.3 Å². The van der Waals surface area contributed by atoms with Gasteiger partial charge in [-0.1, -0.05) is 11.8 Å². The molecule has 2 N–H and O–H groups in total. The van der Waals surface area contributed by atoms with Crippen LogP contribution in [0, 0.1) is 11.8 Å². The zero-order chi connectivity index (χ0) is 14.3. The Balaban J connectivity index is 2.69. The smallest absolute Gasteiger partial charge is 0.262 e. The number of hydrogen-bond donors (Lipinski definition) is 2. The molecule has 0 saturated carbocycles. The van der Waals surface area contributed by atoms with Crippen LogP contribution in [0.4, 0.5) is 0 Å². The van der Waals surface area contributed by atoms with Gasteiger partial charge in [-0.15, -0.1) is 11.3 Å². The van der Waals surface area contributed by atoms with Gasteiger partial charge in [0.15, 0.2) is 0 Å². The van der Waals surface area contributed by atoms with Crippen LogP contribution >= 0.6 is 11.3 Å². The number of ether oxygens (including phenoxy) is 1. The van der Waals surface area contributed by atoms with Crippen molar-refractivity contribution >= 4 is 17.2 Å². The van der Waals surface area contributed by atoms with Gasteiger partial charge < -0.3 is 15.2 Å². The van der Waals surface area contributed by atoms with Crippen molar-refractivity contribution in [2.75, 3.05) is 20.3 Å². The van der Waals surface area contributed by atoms with Crippen molar-refractivity contribution in [1.29, 1.82) is 0 Å². The highest BCUT2D eigenvalue weighted by Gasteiger charge is 2.19. The first kappa shape index (κ1) is 15.7. The van der Waals surface area contributed by atoms with Gasteiger partial charge in [0, 0.05) is 25.6 Å². The predicted octanol–water partition coefficient (Wildman–Crippen LogP) is 1.64. The Kier molecular flexibility index (Phi) is 6.03. The third-order valence-corrected chi connectivity index (χ3v) is 3.47. The molecule has 0 aliphatic carbocycles. The van der Waals surface area contributed by atoms with E-state index in [1.54, 1.807) is 7.11 Å². The summed E-state index contributed by atoms with van der Waals surface area (Å²) in [5.74, 6) is 5.57. The van der Waals surface area contributed by atoms with Gasteiger partial charge in [-0.3, -0.25) is 4.79 Å². The Labute approximate surface area is 117 Å². The lowest BCUT2D eigenvalue weighted by molar-refractivity contribution is 0.0229. The first-order valence-electron chi connectivity index (χ1n) is 6.01. The summed E-state index contributed by atoms with van der Waals surface area (Å²) in [7, 11) is 1.61. The highest BCUT2D eigenvalue weighted by molar-refractivity contribution is 7.12. The van der Waals surface area contributed by atoms with Crippen molar-refractivity contribution < 1.29 is 14.6 Å². The summed E-state index contributed by atoms with van der Waals surface area (Å²) >= 11 is 1.36. The van der Waals surface area contributed by atoms with Crippen molar-refractivity contribution in [3.8, 4) is 11.8 Å². The largest absolute Gasteiger partial charge is 0.395 e. The van der Waals surface area contributed by atoms with E-state index in [4.69, 9.17) is 9.84 Å². The van der Waals surface area contributed by atoms with E-state index in [-0.39, 0.29) is 12.5 Å². The zero-order valence-electron chi connectivity index (χ0n) is 11.4. The van der Waals surface area contributed by atoms with Gasteiger partial charge in [-0.25, -0.2) is 0 Å². The number of thiophene rings is 1. The fourth-order valence-corrected chi connectivity index (χ4v) is 2.01. The van der Waals surface area contributed by atoms with Gasteiger partial charge in [0.05, 0.1) is 12.2 Å². The van der Waals surface area contributed by atoms with Crippen molar-refractivity contribution in [2.45, 2.75) is 25.9 Å². The Morgan fingerprint density at radius 3 is 2.95 bits per heavy atom. The van der Waals surface area contributed by atoms with Crippen LogP contribution in [0.1, 0.15) is 35.5 Å². The van der Waals surface area contributed by atoms with Gasteiger partial charge >= 0.3 is 0 Å². The zero-order valence-corrected chi connectivity index (χ0v) is 12.3. The molecule has 1 amide bonds. The van der Waals surface area contributed by atoms with E-state index < -0.39 is 5.60 Å². The van der Waals surface area contributed by atoms with E-state index in [0.29, 0.717) is 23.4 Å². The normalized spacial score (nSPS) is 10.7.